The number of rotatable bonds is 12. The van der Waals surface area contributed by atoms with Gasteiger partial charge in [0.1, 0.15) is 17.6 Å². The van der Waals surface area contributed by atoms with Crippen molar-refractivity contribution in [2.45, 2.75) is 38.9 Å². The fourth-order valence-corrected chi connectivity index (χ4v) is 6.00. The summed E-state index contributed by atoms with van der Waals surface area (Å²) in [7, 11) is -0.818. The van der Waals surface area contributed by atoms with Gasteiger partial charge in [0.05, 0.1) is 31.5 Å². The lowest BCUT2D eigenvalue weighted by Gasteiger charge is -2.15. The van der Waals surface area contributed by atoms with Crippen molar-refractivity contribution >= 4 is 43.4 Å². The molecule has 2 heterocycles. The molecule has 1 aliphatic heterocycles. The van der Waals surface area contributed by atoms with Crippen LogP contribution in [0.4, 0.5) is 0 Å². The Morgan fingerprint density at radius 2 is 1.75 bits per heavy atom. The summed E-state index contributed by atoms with van der Waals surface area (Å²) in [4.78, 5) is 53.3. The molecule has 12 nitrogen and oxygen atoms in total. The summed E-state index contributed by atoms with van der Waals surface area (Å²) < 4.78 is 7.40. The van der Waals surface area contributed by atoms with Gasteiger partial charge in [-0.15, -0.1) is 10.2 Å². The molecule has 0 bridgehead atoms. The molecule has 0 fully saturated rings. The van der Waals surface area contributed by atoms with Crippen LogP contribution in [0.1, 0.15) is 51.2 Å². The van der Waals surface area contributed by atoms with Crippen LogP contribution < -0.4 is 20.7 Å². The Morgan fingerprint density at radius 3 is 2.48 bits per heavy atom. The van der Waals surface area contributed by atoms with Crippen LogP contribution in [0.3, 0.4) is 0 Å². The van der Waals surface area contributed by atoms with Crippen LogP contribution in [0, 0.1) is 6.92 Å². The summed E-state index contributed by atoms with van der Waals surface area (Å²) in [6.07, 6.45) is 0.682. The highest BCUT2D eigenvalue weighted by Crippen LogP contribution is 2.34. The molecule has 1 aliphatic rings. The minimum Gasteiger partial charge on any atom is -0.497 e. The highest BCUT2D eigenvalue weighted by molar-refractivity contribution is 6.70. The highest BCUT2D eigenvalue weighted by Gasteiger charge is 2.30. The zero-order chi connectivity index (χ0) is 34.4. The Hall–Kier alpha value is -4.85. The predicted molar refractivity (Wildman–Crippen MR) is 185 cm³/mol. The lowest BCUT2D eigenvalue weighted by Crippen LogP contribution is -2.42. The lowest BCUT2D eigenvalue weighted by atomic mass is 10.00. The Labute approximate surface area is 284 Å². The summed E-state index contributed by atoms with van der Waals surface area (Å²) in [5.41, 5.74) is 4.38. The van der Waals surface area contributed by atoms with Gasteiger partial charge in [0, 0.05) is 34.4 Å². The third kappa shape index (κ3) is 8.54. The maximum absolute atomic E-state index is 13.2. The van der Waals surface area contributed by atoms with E-state index in [9.17, 15) is 19.2 Å². The number of fused-ring (bicyclic) bond motifs is 3. The molecule has 14 heteroatoms. The first-order chi connectivity index (χ1) is 22.9. The van der Waals surface area contributed by atoms with E-state index < -0.39 is 14.4 Å². The number of nitrogens with one attached hydrogen (secondary N) is 3. The number of amides is 3. The van der Waals surface area contributed by atoms with Crippen LogP contribution in [0.15, 0.2) is 71.7 Å². The van der Waals surface area contributed by atoms with Gasteiger partial charge in [-0.25, -0.2) is 0 Å². The lowest BCUT2D eigenvalue weighted by molar-refractivity contribution is -0.126. The van der Waals surface area contributed by atoms with Crippen LogP contribution >= 0.6 is 11.6 Å². The van der Waals surface area contributed by atoms with Gasteiger partial charge in [-0.2, -0.15) is 0 Å². The molecular formula is C34H38ClN7O5Si. The Morgan fingerprint density at radius 1 is 0.979 bits per heavy atom. The molecule has 3 aromatic carbocycles. The van der Waals surface area contributed by atoms with Crippen molar-refractivity contribution in [1.82, 2.24) is 30.7 Å². The van der Waals surface area contributed by atoms with Crippen LogP contribution in [-0.4, -0.2) is 77.7 Å². The summed E-state index contributed by atoms with van der Waals surface area (Å²) >= 11 is 6.18. The van der Waals surface area contributed by atoms with Crippen LogP contribution in [0.5, 0.6) is 5.75 Å². The number of methoxy groups -OCH3 is 1. The molecule has 250 valence electrons. The number of aliphatic imine (C=N–C) groups is 1. The number of aryl methyl sites for hydroxylation is 1. The summed E-state index contributed by atoms with van der Waals surface area (Å²) in [5, 5.41) is 17.5. The number of hydrogen-bond donors (Lipinski definition) is 4. The number of benzene rings is 3. The summed E-state index contributed by atoms with van der Waals surface area (Å²) in [5.74, 6) is 0.798. The van der Waals surface area contributed by atoms with E-state index in [1.54, 1.807) is 50.5 Å². The first-order valence-electron chi connectivity index (χ1n) is 15.5. The largest absolute Gasteiger partial charge is 0.497 e. The third-order valence-electron chi connectivity index (χ3n) is 7.68. The second kappa shape index (κ2) is 14.9. The van der Waals surface area contributed by atoms with Gasteiger partial charge in [-0.05, 0) is 74.5 Å². The summed E-state index contributed by atoms with van der Waals surface area (Å²) in [6, 6.07) is 19.4. The number of ether oxygens (including phenoxy) is 1. The number of carbonyl (C=O) groups is 3. The van der Waals surface area contributed by atoms with Gasteiger partial charge < -0.3 is 25.5 Å². The molecule has 3 amide bonds. The second-order valence-corrected chi connectivity index (χ2v) is 16.5. The van der Waals surface area contributed by atoms with Gasteiger partial charge in [-0.1, -0.05) is 35.9 Å². The van der Waals surface area contributed by atoms with Gasteiger partial charge in [-0.3, -0.25) is 23.9 Å². The van der Waals surface area contributed by atoms with E-state index in [-0.39, 0.29) is 36.9 Å². The van der Waals surface area contributed by atoms with E-state index in [1.165, 1.54) is 0 Å². The van der Waals surface area contributed by atoms with Crippen molar-refractivity contribution in [2.24, 2.45) is 4.99 Å². The predicted octanol–water partition coefficient (Wildman–Crippen LogP) is 3.46. The number of aromatic nitrogens is 3. The van der Waals surface area contributed by atoms with Crippen molar-refractivity contribution in [1.29, 1.82) is 0 Å². The van der Waals surface area contributed by atoms with E-state index >= 15 is 0 Å². The monoisotopic (exact) mass is 687 g/mol. The second-order valence-electron chi connectivity index (χ2n) is 12.1. The smallest absolute Gasteiger partial charge is 0.251 e. The van der Waals surface area contributed by atoms with E-state index in [2.05, 4.69) is 26.1 Å². The first-order valence-corrected chi connectivity index (χ1v) is 19.0. The highest BCUT2D eigenvalue weighted by atomic mass is 35.5. The summed E-state index contributed by atoms with van der Waals surface area (Å²) in [6.45, 7) is 5.44. The molecule has 0 spiro atoms. The van der Waals surface area contributed by atoms with E-state index in [1.807, 2.05) is 47.9 Å². The minimum atomic E-state index is -2.41. The molecule has 0 saturated heterocycles. The topological polar surface area (TPSA) is 160 Å². The first kappa shape index (κ1) is 34.5. The molecule has 0 saturated carbocycles. The molecule has 4 aromatic rings. The molecule has 4 N–H and O–H groups in total. The van der Waals surface area contributed by atoms with Crippen molar-refractivity contribution in [3.05, 3.63) is 106 Å². The zero-order valence-corrected chi connectivity index (χ0v) is 29.0. The van der Waals surface area contributed by atoms with Crippen LogP contribution in [0.2, 0.25) is 18.1 Å². The van der Waals surface area contributed by atoms with Crippen molar-refractivity contribution < 1.29 is 23.9 Å². The zero-order valence-electron chi connectivity index (χ0n) is 27.2. The molecule has 48 heavy (non-hydrogen) atoms. The molecule has 1 aromatic heterocycles. The minimum absolute atomic E-state index is 0.0710. The Bertz CT molecular complexity index is 1850. The SMILES string of the molecule is COc1ccc2c(c1)C(c1ccc(Cl)cc1)=N[C@@H](CC(=O)NCC(=O)NCCc1cccc(C(=O)NC[Si](C)(C)O)c1)c1nnc(C)n1-2. The number of hydrogen-bond acceptors (Lipinski definition) is 8. The standard InChI is InChI=1S/C34H38ClN7O5Si/c1-21-40-41-33-28(39-32(23-8-10-25(35)11-9-23)27-17-26(47-2)12-13-29(27)42(21)33)18-30(43)37-19-31(44)36-15-14-22-6-5-7-24(16-22)34(45)38-20-48(3,4)46/h5-13,16-17,28,46H,14-15,18-20H2,1-4H3,(H,36,44)(H,37,43)(H,38,45)/t28-/m0/s1. The van der Waals surface area contributed by atoms with Gasteiger partial charge in [0.15, 0.2) is 5.82 Å². The van der Waals surface area contributed by atoms with E-state index in [0.717, 1.165) is 22.4 Å². The molecule has 0 radical (unpaired) electrons. The molecule has 5 rings (SSSR count). The fraction of sp³-hybridized carbons (Fsp3) is 0.294. The van der Waals surface area contributed by atoms with Crippen molar-refractivity contribution in [2.75, 3.05) is 26.4 Å². The number of nitrogens with zero attached hydrogens (tertiary/aromatic N) is 4. The maximum atomic E-state index is 13.2. The van der Waals surface area contributed by atoms with Gasteiger partial charge >= 0.3 is 0 Å². The molecule has 1 atom stereocenters. The van der Waals surface area contributed by atoms with E-state index in [4.69, 9.17) is 21.3 Å². The van der Waals surface area contributed by atoms with E-state index in [0.29, 0.717) is 46.7 Å². The van der Waals surface area contributed by atoms with Gasteiger partial charge in [0.2, 0.25) is 20.1 Å². The Balaban J connectivity index is 1.23. The Kier molecular flexibility index (Phi) is 10.7. The quantitative estimate of drug-likeness (QED) is 0.166. The molecule has 0 unspecified atom stereocenters. The average molecular weight is 688 g/mol. The maximum Gasteiger partial charge on any atom is 0.251 e. The van der Waals surface area contributed by atoms with Crippen LogP contribution in [0.25, 0.3) is 5.69 Å². The van der Waals surface area contributed by atoms with Gasteiger partial charge in [0.25, 0.3) is 5.91 Å². The number of halogens is 1. The molecule has 0 aliphatic carbocycles. The van der Waals surface area contributed by atoms with Crippen molar-refractivity contribution in [3.8, 4) is 11.4 Å². The third-order valence-corrected chi connectivity index (χ3v) is 8.98. The van der Waals surface area contributed by atoms with Crippen molar-refractivity contribution in [3.63, 3.8) is 0 Å². The fourth-order valence-electron chi connectivity index (χ4n) is 5.28. The van der Waals surface area contributed by atoms with Crippen LogP contribution in [-0.2, 0) is 16.0 Å². The molecular weight excluding hydrogens is 650 g/mol. The average Bonchev–Trinajstić information content (AvgIpc) is 3.39. The normalized spacial score (nSPS) is 13.8. The number of carbonyl (C=O) groups excluding carboxylic acids is 3.